The molecule has 10 heteroatoms. The highest BCUT2D eigenvalue weighted by Crippen LogP contribution is 2.31. The number of hydrogen-bond acceptors (Lipinski definition) is 7. The van der Waals surface area contributed by atoms with Gasteiger partial charge < -0.3 is 9.73 Å². The van der Waals surface area contributed by atoms with Crippen LogP contribution in [-0.4, -0.2) is 26.4 Å². The lowest BCUT2D eigenvalue weighted by atomic mass is 10.2. The molecule has 0 aliphatic heterocycles. The van der Waals surface area contributed by atoms with E-state index >= 15 is 0 Å². The first-order chi connectivity index (χ1) is 15.0. The van der Waals surface area contributed by atoms with Crippen molar-refractivity contribution in [2.45, 2.75) is 19.1 Å². The van der Waals surface area contributed by atoms with E-state index in [1.165, 1.54) is 23.5 Å². The lowest BCUT2D eigenvalue weighted by Crippen LogP contribution is -2.17. The summed E-state index contributed by atoms with van der Waals surface area (Å²) >= 11 is 2.59. The molecule has 0 fully saturated rings. The van der Waals surface area contributed by atoms with Crippen molar-refractivity contribution >= 4 is 34.8 Å². The number of nitriles is 1. The largest absolute Gasteiger partial charge is 0.410 e. The van der Waals surface area contributed by atoms with E-state index in [1.807, 2.05) is 31.4 Å². The first-order valence-corrected chi connectivity index (χ1v) is 11.0. The van der Waals surface area contributed by atoms with Gasteiger partial charge in [0.05, 0.1) is 16.2 Å². The van der Waals surface area contributed by atoms with Crippen LogP contribution in [0.25, 0.3) is 16.5 Å². The molecule has 0 saturated heterocycles. The number of amides is 1. The smallest absolute Gasteiger partial charge is 0.277 e. The van der Waals surface area contributed by atoms with E-state index in [0.29, 0.717) is 23.0 Å². The zero-order valence-corrected chi connectivity index (χ0v) is 18.2. The molecule has 4 rings (SSSR count). The second-order valence-electron chi connectivity index (χ2n) is 6.54. The van der Waals surface area contributed by atoms with Gasteiger partial charge in [-0.3, -0.25) is 9.36 Å². The van der Waals surface area contributed by atoms with Crippen LogP contribution in [0, 0.1) is 31.0 Å². The number of aromatic nitrogens is 3. The van der Waals surface area contributed by atoms with Crippen molar-refractivity contribution in [3.8, 4) is 22.5 Å². The number of rotatable bonds is 6. The second-order valence-corrected chi connectivity index (χ2v) is 8.42. The normalized spacial score (nSPS) is 10.8. The summed E-state index contributed by atoms with van der Waals surface area (Å²) < 4.78 is 20.7. The maximum absolute atomic E-state index is 13.4. The third-order valence-electron chi connectivity index (χ3n) is 4.63. The molecule has 3 aromatic heterocycles. The van der Waals surface area contributed by atoms with Crippen LogP contribution in [0.4, 0.5) is 10.2 Å². The molecule has 1 N–H and O–H groups in total. The number of benzene rings is 1. The third kappa shape index (κ3) is 4.23. The van der Waals surface area contributed by atoms with Crippen LogP contribution in [-0.2, 0) is 4.79 Å². The Kier molecular flexibility index (Phi) is 5.88. The number of halogens is 1. The van der Waals surface area contributed by atoms with Crippen LogP contribution in [0.1, 0.15) is 16.8 Å². The van der Waals surface area contributed by atoms with Crippen molar-refractivity contribution in [3.63, 3.8) is 0 Å². The SMILES string of the molecule is Cc1c(C#N)c(NC(=O)CSc2nnc(-c3cccs3)o2)n(-c2ccc(F)cc2)c1C. The summed E-state index contributed by atoms with van der Waals surface area (Å²) in [4.78, 5) is 13.5. The Hall–Kier alpha value is -3.42. The molecular weight excluding hydrogens is 437 g/mol. The molecule has 4 aromatic rings. The third-order valence-corrected chi connectivity index (χ3v) is 6.31. The van der Waals surface area contributed by atoms with E-state index in [4.69, 9.17) is 4.42 Å². The lowest BCUT2D eigenvalue weighted by Gasteiger charge is -2.13. The first kappa shape index (κ1) is 20.8. The number of nitrogens with zero attached hydrogens (tertiary/aromatic N) is 4. The standard InChI is InChI=1S/C21H16FN5O2S2/c1-12-13(2)27(15-7-5-14(22)6-8-15)19(16(12)10-23)24-18(28)11-31-21-26-25-20(29-21)17-4-3-9-30-17/h3-9H,11H2,1-2H3,(H,24,28). The molecule has 0 aliphatic carbocycles. The Morgan fingerprint density at radius 2 is 2.06 bits per heavy atom. The molecule has 0 unspecified atom stereocenters. The Labute approximate surface area is 185 Å². The van der Waals surface area contributed by atoms with Crippen molar-refractivity contribution in [2.75, 3.05) is 11.1 Å². The van der Waals surface area contributed by atoms with E-state index < -0.39 is 0 Å². The fourth-order valence-electron chi connectivity index (χ4n) is 3.04. The van der Waals surface area contributed by atoms with Crippen LogP contribution in [0.15, 0.2) is 51.4 Å². The first-order valence-electron chi connectivity index (χ1n) is 9.16. The van der Waals surface area contributed by atoms with E-state index in [-0.39, 0.29) is 22.7 Å². The quantitative estimate of drug-likeness (QED) is 0.415. The van der Waals surface area contributed by atoms with Crippen LogP contribution in [0.2, 0.25) is 0 Å². The number of thiophene rings is 1. The second kappa shape index (κ2) is 8.75. The van der Waals surface area contributed by atoms with Gasteiger partial charge in [-0.2, -0.15) is 5.26 Å². The molecule has 0 atom stereocenters. The van der Waals surface area contributed by atoms with Gasteiger partial charge in [-0.1, -0.05) is 17.8 Å². The summed E-state index contributed by atoms with van der Waals surface area (Å²) in [5.41, 5.74) is 2.53. The van der Waals surface area contributed by atoms with Gasteiger partial charge >= 0.3 is 0 Å². The van der Waals surface area contributed by atoms with E-state index in [0.717, 1.165) is 27.9 Å². The van der Waals surface area contributed by atoms with Crippen molar-refractivity contribution in [2.24, 2.45) is 0 Å². The molecule has 0 saturated carbocycles. The summed E-state index contributed by atoms with van der Waals surface area (Å²) in [7, 11) is 0. The van der Waals surface area contributed by atoms with Crippen molar-refractivity contribution in [1.29, 1.82) is 5.26 Å². The zero-order chi connectivity index (χ0) is 22.0. The van der Waals surface area contributed by atoms with Gasteiger partial charge in [0.15, 0.2) is 0 Å². The summed E-state index contributed by atoms with van der Waals surface area (Å²) in [6.45, 7) is 3.65. The molecule has 156 valence electrons. The average Bonchev–Trinajstić information content (AvgIpc) is 3.49. The number of thioether (sulfide) groups is 1. The maximum Gasteiger partial charge on any atom is 0.277 e. The highest BCUT2D eigenvalue weighted by atomic mass is 32.2. The van der Waals surface area contributed by atoms with Crippen LogP contribution >= 0.6 is 23.1 Å². The van der Waals surface area contributed by atoms with Gasteiger partial charge in [-0.05, 0) is 55.1 Å². The summed E-state index contributed by atoms with van der Waals surface area (Å²) in [5, 5.41) is 22.6. The van der Waals surface area contributed by atoms with Gasteiger partial charge in [0.2, 0.25) is 5.91 Å². The molecule has 0 aliphatic rings. The van der Waals surface area contributed by atoms with Gasteiger partial charge in [0.25, 0.3) is 11.1 Å². The molecule has 31 heavy (non-hydrogen) atoms. The van der Waals surface area contributed by atoms with Gasteiger partial charge in [-0.15, -0.1) is 21.5 Å². The van der Waals surface area contributed by atoms with Crippen LogP contribution < -0.4 is 5.32 Å². The predicted octanol–water partition coefficient (Wildman–Crippen LogP) is 4.95. The minimum Gasteiger partial charge on any atom is -0.410 e. The molecule has 3 heterocycles. The van der Waals surface area contributed by atoms with E-state index in [9.17, 15) is 14.4 Å². The summed E-state index contributed by atoms with van der Waals surface area (Å²) in [6, 6.07) is 11.8. The van der Waals surface area contributed by atoms with Gasteiger partial charge in [-0.25, -0.2) is 4.39 Å². The highest BCUT2D eigenvalue weighted by molar-refractivity contribution is 7.99. The number of carbonyl (C=O) groups excluding carboxylic acids is 1. The van der Waals surface area contributed by atoms with E-state index in [1.54, 1.807) is 16.7 Å². The van der Waals surface area contributed by atoms with Crippen LogP contribution in [0.3, 0.4) is 0 Å². The Bertz CT molecular complexity index is 1270. The molecule has 1 aromatic carbocycles. The topological polar surface area (TPSA) is 96.7 Å². The maximum atomic E-state index is 13.4. The minimum atomic E-state index is -0.366. The Morgan fingerprint density at radius 1 is 1.29 bits per heavy atom. The van der Waals surface area contributed by atoms with Crippen molar-refractivity contribution in [3.05, 3.63) is 64.4 Å². The zero-order valence-electron chi connectivity index (χ0n) is 16.5. The van der Waals surface area contributed by atoms with Crippen LogP contribution in [0.5, 0.6) is 0 Å². The lowest BCUT2D eigenvalue weighted by molar-refractivity contribution is -0.113. The van der Waals surface area contributed by atoms with Gasteiger partial charge in [0.1, 0.15) is 17.7 Å². The number of carbonyl (C=O) groups is 1. The average molecular weight is 454 g/mol. The summed E-state index contributed by atoms with van der Waals surface area (Å²) in [5.74, 6) is 0.0667. The fourth-order valence-corrected chi connectivity index (χ4v) is 4.24. The number of anilines is 1. The highest BCUT2D eigenvalue weighted by Gasteiger charge is 2.21. The fraction of sp³-hybridized carbons (Fsp3) is 0.143. The molecule has 0 radical (unpaired) electrons. The molecule has 1 amide bonds. The molecule has 0 bridgehead atoms. The van der Waals surface area contributed by atoms with E-state index in [2.05, 4.69) is 21.6 Å². The molecule has 0 spiro atoms. The number of hydrogen-bond donors (Lipinski definition) is 1. The molecule has 7 nitrogen and oxygen atoms in total. The monoisotopic (exact) mass is 453 g/mol. The van der Waals surface area contributed by atoms with Crippen molar-refractivity contribution < 1.29 is 13.6 Å². The Balaban J connectivity index is 1.53. The van der Waals surface area contributed by atoms with Crippen molar-refractivity contribution in [1.82, 2.24) is 14.8 Å². The van der Waals surface area contributed by atoms with Gasteiger partial charge in [0, 0.05) is 11.4 Å². The summed E-state index contributed by atoms with van der Waals surface area (Å²) in [6.07, 6.45) is 0. The number of nitrogens with one attached hydrogen (secondary N) is 1. The Morgan fingerprint density at radius 3 is 2.74 bits per heavy atom. The predicted molar refractivity (Wildman–Crippen MR) is 117 cm³/mol. The minimum absolute atomic E-state index is 0.0175. The molecular formula is C21H16FN5O2S2.